The Balaban J connectivity index is 2.84. The fourth-order valence-electron chi connectivity index (χ4n) is 1.03. The van der Waals surface area contributed by atoms with Crippen LogP contribution in [0.4, 0.5) is 5.82 Å². The summed E-state index contributed by atoms with van der Waals surface area (Å²) in [6.45, 7) is 1.80. The number of rotatable bonds is 1. The van der Waals surface area contributed by atoms with E-state index in [0.717, 1.165) is 5.69 Å². The van der Waals surface area contributed by atoms with Gasteiger partial charge in [-0.25, -0.2) is 4.98 Å². The van der Waals surface area contributed by atoms with E-state index < -0.39 is 0 Å². The summed E-state index contributed by atoms with van der Waals surface area (Å²) < 4.78 is 1.38. The monoisotopic (exact) mass is 175 g/mol. The average molecular weight is 175 g/mol. The summed E-state index contributed by atoms with van der Waals surface area (Å²) >= 11 is 0. The molecular weight excluding hydrogens is 170 g/mol. The summed E-state index contributed by atoms with van der Waals surface area (Å²) in [5, 5.41) is 7.33. The van der Waals surface area contributed by atoms with Crippen LogP contribution in [-0.4, -0.2) is 19.6 Å². The van der Waals surface area contributed by atoms with E-state index >= 15 is 0 Å². The first kappa shape index (κ1) is 7.51. The number of hydrogen-bond acceptors (Lipinski definition) is 4. The highest BCUT2D eigenvalue weighted by atomic mass is 15.4. The van der Waals surface area contributed by atoms with Crippen molar-refractivity contribution in [1.82, 2.24) is 19.6 Å². The highest BCUT2D eigenvalue weighted by Gasteiger charge is 2.02. The molecule has 0 saturated heterocycles. The van der Waals surface area contributed by atoms with Crippen LogP contribution < -0.4 is 0 Å². The first-order valence-corrected chi connectivity index (χ1v) is 3.54. The predicted octanol–water partition coefficient (Wildman–Crippen LogP) is 1.37. The van der Waals surface area contributed by atoms with Gasteiger partial charge in [0.1, 0.15) is 12.1 Å². The molecule has 7 heteroatoms. The van der Waals surface area contributed by atoms with Gasteiger partial charge in [0.05, 0.1) is 0 Å². The molecule has 2 rings (SSSR count). The van der Waals surface area contributed by atoms with Gasteiger partial charge in [0.2, 0.25) is 0 Å². The van der Waals surface area contributed by atoms with E-state index in [9.17, 15) is 0 Å². The molecule has 0 unspecified atom stereocenters. The molecule has 64 valence electrons. The third kappa shape index (κ3) is 1.17. The van der Waals surface area contributed by atoms with E-state index in [1.54, 1.807) is 13.0 Å². The van der Waals surface area contributed by atoms with Crippen LogP contribution in [0, 0.1) is 6.92 Å². The smallest absolute Gasteiger partial charge is 0.216 e. The number of fused-ring (bicyclic) bond motifs is 1. The highest BCUT2D eigenvalue weighted by Crippen LogP contribution is 2.12. The summed E-state index contributed by atoms with van der Waals surface area (Å²) in [7, 11) is 0. The van der Waals surface area contributed by atoms with E-state index in [1.807, 2.05) is 0 Å². The summed E-state index contributed by atoms with van der Waals surface area (Å²) in [5.74, 6) is 0.824. The van der Waals surface area contributed by atoms with Gasteiger partial charge >= 0.3 is 0 Å². The Morgan fingerprint density at radius 1 is 1.62 bits per heavy atom. The summed E-state index contributed by atoms with van der Waals surface area (Å²) in [6.07, 6.45) is 1.36. The fraction of sp³-hybridized carbons (Fsp3) is 0.167. The van der Waals surface area contributed by atoms with Gasteiger partial charge in [0.15, 0.2) is 0 Å². The molecule has 0 N–H and O–H groups in total. The van der Waals surface area contributed by atoms with Crippen LogP contribution in [0.1, 0.15) is 5.69 Å². The van der Waals surface area contributed by atoms with E-state index in [0.29, 0.717) is 11.6 Å². The molecule has 0 spiro atoms. The molecule has 13 heavy (non-hydrogen) atoms. The van der Waals surface area contributed by atoms with Crippen LogP contribution in [0.25, 0.3) is 16.2 Å². The lowest BCUT2D eigenvalue weighted by atomic mass is 10.4. The maximum atomic E-state index is 8.28. The minimum absolute atomic E-state index is 0.391. The summed E-state index contributed by atoms with van der Waals surface area (Å²) in [6, 6.07) is 1.64. The maximum Gasteiger partial charge on any atom is 0.252 e. The van der Waals surface area contributed by atoms with Crippen LogP contribution in [0.5, 0.6) is 0 Å². The van der Waals surface area contributed by atoms with Gasteiger partial charge in [-0.2, -0.15) is 14.6 Å². The van der Waals surface area contributed by atoms with Crippen molar-refractivity contribution in [2.75, 3.05) is 0 Å². The summed E-state index contributed by atoms with van der Waals surface area (Å²) in [5.41, 5.74) is 9.02. The normalized spacial score (nSPS) is 9.92. The van der Waals surface area contributed by atoms with Crippen LogP contribution in [0.15, 0.2) is 17.5 Å². The zero-order valence-corrected chi connectivity index (χ0v) is 6.79. The largest absolute Gasteiger partial charge is 0.252 e. The molecule has 0 aliphatic carbocycles. The van der Waals surface area contributed by atoms with E-state index in [1.165, 1.54) is 10.8 Å². The topological polar surface area (TPSA) is 91.8 Å². The quantitative estimate of drug-likeness (QED) is 0.372. The van der Waals surface area contributed by atoms with Gasteiger partial charge in [0, 0.05) is 10.6 Å². The first-order valence-electron chi connectivity index (χ1n) is 3.54. The Labute approximate surface area is 72.7 Å². The van der Waals surface area contributed by atoms with Crippen molar-refractivity contribution in [3.05, 3.63) is 28.5 Å². The van der Waals surface area contributed by atoms with Crippen LogP contribution >= 0.6 is 0 Å². The lowest BCUT2D eigenvalue weighted by molar-refractivity contribution is 0.924. The number of hydrogen-bond donors (Lipinski definition) is 0. The second-order valence-electron chi connectivity index (χ2n) is 2.42. The first-order chi connectivity index (χ1) is 6.31. The van der Waals surface area contributed by atoms with Gasteiger partial charge < -0.3 is 0 Å². The highest BCUT2D eigenvalue weighted by molar-refractivity contribution is 5.40. The van der Waals surface area contributed by atoms with Crippen molar-refractivity contribution >= 4 is 11.6 Å². The molecule has 2 heterocycles. The maximum absolute atomic E-state index is 8.28. The number of aromatic nitrogens is 4. The lowest BCUT2D eigenvalue weighted by Crippen LogP contribution is -1.93. The van der Waals surface area contributed by atoms with Crippen LogP contribution in [-0.2, 0) is 0 Å². The van der Waals surface area contributed by atoms with Crippen molar-refractivity contribution in [2.45, 2.75) is 6.92 Å². The molecule has 7 nitrogen and oxygen atoms in total. The van der Waals surface area contributed by atoms with Crippen molar-refractivity contribution in [3.8, 4) is 0 Å². The number of azide groups is 1. The average Bonchev–Trinajstić information content (AvgIpc) is 2.52. The molecule has 2 aromatic rings. The van der Waals surface area contributed by atoms with Gasteiger partial charge in [-0.15, -0.1) is 0 Å². The van der Waals surface area contributed by atoms with Gasteiger partial charge in [-0.05, 0) is 23.6 Å². The van der Waals surface area contributed by atoms with Gasteiger partial charge in [0.25, 0.3) is 5.78 Å². The molecule has 0 saturated carbocycles. The van der Waals surface area contributed by atoms with Crippen LogP contribution in [0.2, 0.25) is 0 Å². The zero-order valence-electron chi connectivity index (χ0n) is 6.79. The molecule has 0 aliphatic heterocycles. The number of nitrogens with zero attached hydrogens (tertiary/aromatic N) is 7. The zero-order chi connectivity index (χ0) is 9.26. The Kier molecular flexibility index (Phi) is 1.57. The Hall–Kier alpha value is -2.14. The van der Waals surface area contributed by atoms with Crippen LogP contribution in [0.3, 0.4) is 0 Å². The molecule has 2 aromatic heterocycles. The molecule has 0 amide bonds. The molecular formula is C6H5N7. The van der Waals surface area contributed by atoms with Crippen molar-refractivity contribution < 1.29 is 0 Å². The van der Waals surface area contributed by atoms with E-state index in [4.69, 9.17) is 5.53 Å². The Morgan fingerprint density at radius 2 is 2.46 bits per heavy atom. The van der Waals surface area contributed by atoms with Crippen molar-refractivity contribution in [2.24, 2.45) is 5.11 Å². The molecule has 0 bridgehead atoms. The Bertz CT molecular complexity index is 493. The molecule has 0 atom stereocenters. The molecule has 0 radical (unpaired) electrons. The Morgan fingerprint density at radius 3 is 3.23 bits per heavy atom. The lowest BCUT2D eigenvalue weighted by Gasteiger charge is -1.97. The standard InChI is InChI=1S/C6H5N7/c1-4-2-5(11-12-7)13-6(10-4)8-3-9-13/h2-3H,1H3. The third-order valence-electron chi connectivity index (χ3n) is 1.51. The van der Waals surface area contributed by atoms with E-state index in [-0.39, 0.29) is 0 Å². The summed E-state index contributed by atoms with van der Waals surface area (Å²) in [4.78, 5) is 10.6. The minimum Gasteiger partial charge on any atom is -0.216 e. The second-order valence-corrected chi connectivity index (χ2v) is 2.42. The minimum atomic E-state index is 0.391. The van der Waals surface area contributed by atoms with Crippen molar-refractivity contribution in [3.63, 3.8) is 0 Å². The van der Waals surface area contributed by atoms with E-state index in [2.05, 4.69) is 25.1 Å². The predicted molar refractivity (Wildman–Crippen MR) is 44.3 cm³/mol. The molecule has 0 aliphatic rings. The SMILES string of the molecule is Cc1cc(N=[N+]=[N-])n2ncnc2n1. The second kappa shape index (κ2) is 2.72. The third-order valence-corrected chi connectivity index (χ3v) is 1.51. The van der Waals surface area contributed by atoms with Gasteiger partial charge in [-0.3, -0.25) is 0 Å². The molecule has 0 aromatic carbocycles. The number of aryl methyl sites for hydroxylation is 1. The van der Waals surface area contributed by atoms with Crippen molar-refractivity contribution in [1.29, 1.82) is 0 Å². The fourth-order valence-corrected chi connectivity index (χ4v) is 1.03. The van der Waals surface area contributed by atoms with Gasteiger partial charge in [-0.1, -0.05) is 0 Å². The molecule has 0 fully saturated rings.